The Bertz CT molecular complexity index is 601. The van der Waals surface area contributed by atoms with E-state index in [0.29, 0.717) is 28.3 Å². The van der Waals surface area contributed by atoms with Crippen molar-refractivity contribution in [2.24, 2.45) is 7.05 Å². The first-order chi connectivity index (χ1) is 8.97. The Hall–Kier alpha value is -2.10. The highest BCUT2D eigenvalue weighted by atomic mass is 19.1. The Kier molecular flexibility index (Phi) is 3.42. The van der Waals surface area contributed by atoms with Gasteiger partial charge in [0.1, 0.15) is 11.6 Å². The molecule has 0 atom stereocenters. The SMILES string of the molecule is COc1ccc(C(=O)c2c(C)c(F)c(C)n2C)cc1. The van der Waals surface area contributed by atoms with Crippen LogP contribution in [0, 0.1) is 19.7 Å². The van der Waals surface area contributed by atoms with Gasteiger partial charge in [-0.3, -0.25) is 4.79 Å². The maximum absolute atomic E-state index is 13.8. The van der Waals surface area contributed by atoms with Crippen molar-refractivity contribution in [1.29, 1.82) is 0 Å². The molecule has 0 radical (unpaired) electrons. The molecule has 0 saturated heterocycles. The number of ketones is 1. The van der Waals surface area contributed by atoms with Crippen LogP contribution in [0.25, 0.3) is 0 Å². The van der Waals surface area contributed by atoms with Crippen LogP contribution in [0.15, 0.2) is 24.3 Å². The minimum Gasteiger partial charge on any atom is -0.497 e. The number of hydrogen-bond acceptors (Lipinski definition) is 2. The largest absolute Gasteiger partial charge is 0.497 e. The Morgan fingerprint density at radius 1 is 1.21 bits per heavy atom. The van der Waals surface area contributed by atoms with E-state index in [-0.39, 0.29) is 11.6 Å². The van der Waals surface area contributed by atoms with Crippen LogP contribution in [0.1, 0.15) is 27.3 Å². The van der Waals surface area contributed by atoms with Crippen LogP contribution in [-0.2, 0) is 7.05 Å². The van der Waals surface area contributed by atoms with Crippen molar-refractivity contribution in [3.05, 3.63) is 52.6 Å². The maximum Gasteiger partial charge on any atom is 0.209 e. The predicted octanol–water partition coefficient (Wildman–Crippen LogP) is 3.02. The predicted molar refractivity (Wildman–Crippen MR) is 71.3 cm³/mol. The summed E-state index contributed by atoms with van der Waals surface area (Å²) in [6, 6.07) is 6.80. The zero-order valence-electron chi connectivity index (χ0n) is 11.5. The molecule has 0 bridgehead atoms. The molecule has 2 aromatic rings. The molecule has 1 heterocycles. The first-order valence-corrected chi connectivity index (χ1v) is 5.97. The number of halogens is 1. The van der Waals surface area contributed by atoms with Gasteiger partial charge in [0.15, 0.2) is 0 Å². The molecule has 0 N–H and O–H groups in total. The van der Waals surface area contributed by atoms with Crippen molar-refractivity contribution in [2.75, 3.05) is 7.11 Å². The molecule has 19 heavy (non-hydrogen) atoms. The summed E-state index contributed by atoms with van der Waals surface area (Å²) >= 11 is 0. The van der Waals surface area contributed by atoms with Crippen molar-refractivity contribution >= 4 is 5.78 Å². The summed E-state index contributed by atoms with van der Waals surface area (Å²) in [4.78, 5) is 12.4. The lowest BCUT2D eigenvalue weighted by Gasteiger charge is -2.06. The standard InChI is InChI=1S/C15H16FNO2/c1-9-13(16)10(2)17(3)14(9)15(18)11-5-7-12(19-4)8-6-11/h5-8H,1-4H3. The number of hydrogen-bond donors (Lipinski definition) is 0. The minimum absolute atomic E-state index is 0.186. The molecular formula is C15H16FNO2. The average molecular weight is 261 g/mol. The molecule has 0 aliphatic heterocycles. The molecule has 0 unspecified atom stereocenters. The fraction of sp³-hybridized carbons (Fsp3) is 0.267. The lowest BCUT2D eigenvalue weighted by molar-refractivity contribution is 0.103. The van der Waals surface area contributed by atoms with Gasteiger partial charge < -0.3 is 9.30 Å². The summed E-state index contributed by atoms with van der Waals surface area (Å²) < 4.78 is 20.5. The molecule has 0 amide bonds. The molecular weight excluding hydrogens is 245 g/mol. The number of carbonyl (C=O) groups is 1. The summed E-state index contributed by atoms with van der Waals surface area (Å²) in [6.07, 6.45) is 0. The van der Waals surface area contributed by atoms with Gasteiger partial charge in [-0.05, 0) is 38.1 Å². The lowest BCUT2D eigenvalue weighted by Crippen LogP contribution is -2.09. The van der Waals surface area contributed by atoms with E-state index in [4.69, 9.17) is 4.74 Å². The van der Waals surface area contributed by atoms with E-state index in [1.165, 1.54) is 0 Å². The molecule has 0 aliphatic carbocycles. The van der Waals surface area contributed by atoms with Gasteiger partial charge in [-0.2, -0.15) is 0 Å². The average Bonchev–Trinajstić information content (AvgIpc) is 2.62. The van der Waals surface area contributed by atoms with Crippen LogP contribution in [0.4, 0.5) is 4.39 Å². The molecule has 1 aromatic carbocycles. The highest BCUT2D eigenvalue weighted by Gasteiger charge is 2.21. The molecule has 1 aromatic heterocycles. The van der Waals surface area contributed by atoms with Crippen molar-refractivity contribution in [2.45, 2.75) is 13.8 Å². The second-order valence-corrected chi connectivity index (χ2v) is 4.49. The molecule has 0 aliphatic rings. The highest BCUT2D eigenvalue weighted by molar-refractivity contribution is 6.09. The Balaban J connectivity index is 2.47. The molecule has 100 valence electrons. The number of rotatable bonds is 3. The third-order valence-corrected chi connectivity index (χ3v) is 3.41. The summed E-state index contributed by atoms with van der Waals surface area (Å²) in [6.45, 7) is 3.28. The van der Waals surface area contributed by atoms with Crippen LogP contribution in [0.2, 0.25) is 0 Å². The summed E-state index contributed by atoms with van der Waals surface area (Å²) in [5.74, 6) is 0.177. The van der Waals surface area contributed by atoms with Crippen molar-refractivity contribution in [3.8, 4) is 5.75 Å². The third kappa shape index (κ3) is 2.14. The van der Waals surface area contributed by atoms with E-state index in [0.717, 1.165) is 0 Å². The van der Waals surface area contributed by atoms with Gasteiger partial charge in [-0.15, -0.1) is 0 Å². The summed E-state index contributed by atoms with van der Waals surface area (Å²) in [7, 11) is 3.26. The van der Waals surface area contributed by atoms with Gasteiger partial charge in [0, 0.05) is 18.2 Å². The lowest BCUT2D eigenvalue weighted by atomic mass is 10.1. The Morgan fingerprint density at radius 2 is 1.79 bits per heavy atom. The van der Waals surface area contributed by atoms with Gasteiger partial charge in [-0.25, -0.2) is 4.39 Å². The molecule has 4 heteroatoms. The number of carbonyl (C=O) groups excluding carboxylic acids is 1. The zero-order valence-corrected chi connectivity index (χ0v) is 11.5. The van der Waals surface area contributed by atoms with Crippen molar-refractivity contribution < 1.29 is 13.9 Å². The van der Waals surface area contributed by atoms with Gasteiger partial charge in [-0.1, -0.05) is 0 Å². The van der Waals surface area contributed by atoms with E-state index in [2.05, 4.69) is 0 Å². The van der Waals surface area contributed by atoms with E-state index < -0.39 is 0 Å². The van der Waals surface area contributed by atoms with Gasteiger partial charge in [0.2, 0.25) is 5.78 Å². The second kappa shape index (κ2) is 4.88. The number of aromatic nitrogens is 1. The third-order valence-electron chi connectivity index (χ3n) is 3.41. The Labute approximate surface area is 111 Å². The quantitative estimate of drug-likeness (QED) is 0.795. The molecule has 0 saturated carbocycles. The van der Waals surface area contributed by atoms with Crippen LogP contribution >= 0.6 is 0 Å². The van der Waals surface area contributed by atoms with Crippen LogP contribution in [0.3, 0.4) is 0 Å². The Morgan fingerprint density at radius 3 is 2.21 bits per heavy atom. The second-order valence-electron chi connectivity index (χ2n) is 4.49. The monoisotopic (exact) mass is 261 g/mol. The maximum atomic E-state index is 13.8. The van der Waals surface area contributed by atoms with Crippen LogP contribution in [-0.4, -0.2) is 17.5 Å². The van der Waals surface area contributed by atoms with Gasteiger partial charge in [0.25, 0.3) is 0 Å². The summed E-state index contributed by atoms with van der Waals surface area (Å²) in [5, 5.41) is 0. The number of benzene rings is 1. The number of ether oxygens (including phenoxy) is 1. The van der Waals surface area contributed by atoms with Crippen LogP contribution < -0.4 is 4.74 Å². The number of nitrogens with zero attached hydrogens (tertiary/aromatic N) is 1. The summed E-state index contributed by atoms with van der Waals surface area (Å²) in [5.41, 5.74) is 1.76. The first-order valence-electron chi connectivity index (χ1n) is 5.97. The fourth-order valence-corrected chi connectivity index (χ4v) is 2.14. The van der Waals surface area contributed by atoms with E-state index >= 15 is 0 Å². The zero-order chi connectivity index (χ0) is 14.2. The fourth-order valence-electron chi connectivity index (χ4n) is 2.14. The van der Waals surface area contributed by atoms with Gasteiger partial charge >= 0.3 is 0 Å². The topological polar surface area (TPSA) is 31.2 Å². The van der Waals surface area contributed by atoms with Crippen molar-refractivity contribution in [1.82, 2.24) is 4.57 Å². The highest BCUT2D eigenvalue weighted by Crippen LogP contribution is 2.22. The normalized spacial score (nSPS) is 10.6. The van der Waals surface area contributed by atoms with Crippen LogP contribution in [0.5, 0.6) is 5.75 Å². The molecule has 0 fully saturated rings. The van der Waals surface area contributed by atoms with Gasteiger partial charge in [0.05, 0.1) is 18.5 Å². The van der Waals surface area contributed by atoms with Crippen molar-refractivity contribution in [3.63, 3.8) is 0 Å². The number of methoxy groups -OCH3 is 1. The minimum atomic E-state index is -0.320. The molecule has 2 rings (SSSR count). The first kappa shape index (κ1) is 13.3. The smallest absolute Gasteiger partial charge is 0.209 e. The van der Waals surface area contributed by atoms with E-state index in [9.17, 15) is 9.18 Å². The molecule has 0 spiro atoms. The van der Waals surface area contributed by atoms with E-state index in [1.807, 2.05) is 0 Å². The molecule has 3 nitrogen and oxygen atoms in total. The van der Waals surface area contributed by atoms with E-state index in [1.54, 1.807) is 56.8 Å².